The molecule has 1 saturated carbocycles. The van der Waals surface area contributed by atoms with Crippen molar-refractivity contribution in [3.05, 3.63) is 11.8 Å². The highest BCUT2D eigenvalue weighted by atomic mass is 16.2. The van der Waals surface area contributed by atoms with E-state index in [2.05, 4.69) is 15.5 Å². The summed E-state index contributed by atoms with van der Waals surface area (Å²) in [6.45, 7) is 3.79. The number of hydrogen-bond acceptors (Lipinski definition) is 3. The van der Waals surface area contributed by atoms with Crippen LogP contribution in [0.5, 0.6) is 0 Å². The maximum Gasteiger partial charge on any atom is 0.245 e. The number of rotatable bonds is 5. The normalized spacial score (nSPS) is 19.8. The molecule has 0 spiro atoms. The van der Waals surface area contributed by atoms with Crippen molar-refractivity contribution in [3.8, 4) is 0 Å². The van der Waals surface area contributed by atoms with Gasteiger partial charge in [0.15, 0.2) is 5.82 Å². The van der Waals surface area contributed by atoms with E-state index in [0.29, 0.717) is 18.2 Å². The lowest BCUT2D eigenvalue weighted by atomic mass is 9.96. The van der Waals surface area contributed by atoms with E-state index in [1.165, 1.54) is 38.5 Å². The average Bonchev–Trinajstić information content (AvgIpc) is 2.73. The summed E-state index contributed by atoms with van der Waals surface area (Å²) in [4.78, 5) is 12.2. The molecular weight excluding hydrogens is 264 g/mol. The van der Waals surface area contributed by atoms with Crippen molar-refractivity contribution in [3.63, 3.8) is 0 Å². The van der Waals surface area contributed by atoms with E-state index in [0.717, 1.165) is 12.1 Å². The minimum atomic E-state index is -0.837. The number of hydrogen-bond donors (Lipinski definition) is 3. The Morgan fingerprint density at radius 2 is 2.10 bits per heavy atom. The summed E-state index contributed by atoms with van der Waals surface area (Å²) in [7, 11) is 0. The molecule has 1 aromatic rings. The van der Waals surface area contributed by atoms with Gasteiger partial charge < -0.3 is 11.1 Å². The molecule has 0 radical (unpaired) electrons. The van der Waals surface area contributed by atoms with Gasteiger partial charge in [0.2, 0.25) is 5.91 Å². The van der Waals surface area contributed by atoms with Gasteiger partial charge in [-0.05, 0) is 26.2 Å². The first kappa shape index (κ1) is 16.0. The number of nitrogens with zero attached hydrogens (tertiary/aromatic N) is 1. The van der Waals surface area contributed by atoms with Crippen molar-refractivity contribution in [2.75, 3.05) is 5.32 Å². The van der Waals surface area contributed by atoms with Gasteiger partial charge in [0.25, 0.3) is 0 Å². The highest BCUT2D eigenvalue weighted by Gasteiger charge is 2.28. The van der Waals surface area contributed by atoms with Crippen molar-refractivity contribution in [2.24, 2.45) is 5.73 Å². The van der Waals surface area contributed by atoms with Crippen LogP contribution in [0.1, 0.15) is 76.8 Å². The Labute approximate surface area is 127 Å². The van der Waals surface area contributed by atoms with Gasteiger partial charge in [-0.2, -0.15) is 5.10 Å². The summed E-state index contributed by atoms with van der Waals surface area (Å²) >= 11 is 0. The standard InChI is InChI=1S/C16H28N4O/c1-3-10-16(2,17)15(21)18-14-11-13(19-20-14)12-8-6-4-5-7-9-12/h11-12H,3-10,17H2,1-2H3,(H2,18,19,20,21). The second-order valence-corrected chi connectivity index (χ2v) is 6.52. The van der Waals surface area contributed by atoms with Gasteiger partial charge in [-0.3, -0.25) is 9.89 Å². The fourth-order valence-corrected chi connectivity index (χ4v) is 3.09. The molecule has 1 aliphatic rings. The number of anilines is 1. The number of nitrogens with two attached hydrogens (primary N) is 1. The van der Waals surface area contributed by atoms with Crippen LogP contribution >= 0.6 is 0 Å². The average molecular weight is 292 g/mol. The van der Waals surface area contributed by atoms with Crippen LogP contribution in [0.4, 0.5) is 5.82 Å². The minimum Gasteiger partial charge on any atom is -0.318 e. The van der Waals surface area contributed by atoms with Gasteiger partial charge in [-0.1, -0.05) is 39.0 Å². The van der Waals surface area contributed by atoms with Crippen molar-refractivity contribution in [1.29, 1.82) is 0 Å². The molecule has 118 valence electrons. The molecule has 4 N–H and O–H groups in total. The van der Waals surface area contributed by atoms with E-state index < -0.39 is 5.54 Å². The third-order valence-corrected chi connectivity index (χ3v) is 4.42. The van der Waals surface area contributed by atoms with E-state index >= 15 is 0 Å². The zero-order valence-corrected chi connectivity index (χ0v) is 13.2. The van der Waals surface area contributed by atoms with E-state index in [1.54, 1.807) is 6.92 Å². The largest absolute Gasteiger partial charge is 0.318 e. The quantitative estimate of drug-likeness (QED) is 0.728. The number of carbonyl (C=O) groups is 1. The molecule has 0 aromatic carbocycles. The Morgan fingerprint density at radius 1 is 1.43 bits per heavy atom. The molecule has 1 unspecified atom stereocenters. The third kappa shape index (κ3) is 4.30. The molecule has 1 fully saturated rings. The van der Waals surface area contributed by atoms with Crippen molar-refractivity contribution in [1.82, 2.24) is 10.2 Å². The molecular formula is C16H28N4O. The van der Waals surface area contributed by atoms with Crippen LogP contribution in [-0.4, -0.2) is 21.6 Å². The number of aromatic nitrogens is 2. The van der Waals surface area contributed by atoms with E-state index in [1.807, 2.05) is 13.0 Å². The zero-order valence-electron chi connectivity index (χ0n) is 13.2. The molecule has 0 bridgehead atoms. The highest BCUT2D eigenvalue weighted by Crippen LogP contribution is 2.31. The third-order valence-electron chi connectivity index (χ3n) is 4.42. The minimum absolute atomic E-state index is 0.164. The lowest BCUT2D eigenvalue weighted by molar-refractivity contribution is -0.120. The summed E-state index contributed by atoms with van der Waals surface area (Å²) in [6.07, 6.45) is 9.19. The van der Waals surface area contributed by atoms with Crippen LogP contribution in [0.15, 0.2) is 6.07 Å². The number of nitrogens with one attached hydrogen (secondary N) is 2. The smallest absolute Gasteiger partial charge is 0.245 e. The molecule has 0 aliphatic heterocycles. The number of amides is 1. The van der Waals surface area contributed by atoms with Gasteiger partial charge in [0.05, 0.1) is 5.54 Å². The Hall–Kier alpha value is -1.36. The molecule has 21 heavy (non-hydrogen) atoms. The first-order valence-corrected chi connectivity index (χ1v) is 8.18. The monoisotopic (exact) mass is 292 g/mol. The van der Waals surface area contributed by atoms with Crippen LogP contribution in [0.25, 0.3) is 0 Å². The zero-order chi connectivity index (χ0) is 15.3. The van der Waals surface area contributed by atoms with Crippen molar-refractivity contribution < 1.29 is 4.79 Å². The maximum absolute atomic E-state index is 12.2. The lowest BCUT2D eigenvalue weighted by Crippen LogP contribution is -2.48. The molecule has 0 saturated heterocycles. The van der Waals surface area contributed by atoms with E-state index in [9.17, 15) is 4.79 Å². The van der Waals surface area contributed by atoms with E-state index in [4.69, 9.17) is 5.73 Å². The van der Waals surface area contributed by atoms with Crippen LogP contribution in [0.3, 0.4) is 0 Å². The lowest BCUT2D eigenvalue weighted by Gasteiger charge is -2.21. The maximum atomic E-state index is 12.2. The molecule has 1 aromatic heterocycles. The van der Waals surface area contributed by atoms with Crippen LogP contribution < -0.4 is 11.1 Å². The van der Waals surface area contributed by atoms with Gasteiger partial charge in [0.1, 0.15) is 0 Å². The van der Waals surface area contributed by atoms with Crippen molar-refractivity contribution in [2.45, 2.75) is 76.7 Å². The van der Waals surface area contributed by atoms with Crippen molar-refractivity contribution >= 4 is 11.7 Å². The Kier molecular flexibility index (Phi) is 5.39. The molecule has 5 nitrogen and oxygen atoms in total. The Bertz CT molecular complexity index is 459. The van der Waals surface area contributed by atoms with Gasteiger partial charge in [0, 0.05) is 17.7 Å². The summed E-state index contributed by atoms with van der Waals surface area (Å²) < 4.78 is 0. The summed E-state index contributed by atoms with van der Waals surface area (Å²) in [5.74, 6) is 0.973. The summed E-state index contributed by atoms with van der Waals surface area (Å²) in [5, 5.41) is 10.1. The molecule has 1 heterocycles. The molecule has 1 aliphatic carbocycles. The second kappa shape index (κ2) is 7.07. The van der Waals surface area contributed by atoms with Gasteiger partial charge >= 0.3 is 0 Å². The molecule has 2 rings (SSSR count). The Morgan fingerprint density at radius 3 is 2.71 bits per heavy atom. The predicted octanol–water partition coefficient (Wildman–Crippen LogP) is 3.30. The predicted molar refractivity (Wildman–Crippen MR) is 85.2 cm³/mol. The fraction of sp³-hybridized carbons (Fsp3) is 0.750. The first-order valence-electron chi connectivity index (χ1n) is 8.18. The number of H-pyrrole nitrogens is 1. The first-order chi connectivity index (χ1) is 10.0. The Balaban J connectivity index is 1.98. The summed E-state index contributed by atoms with van der Waals surface area (Å²) in [5.41, 5.74) is 6.34. The van der Waals surface area contributed by atoms with Crippen LogP contribution in [-0.2, 0) is 4.79 Å². The molecule has 1 atom stereocenters. The highest BCUT2D eigenvalue weighted by molar-refractivity contribution is 5.96. The second-order valence-electron chi connectivity index (χ2n) is 6.52. The SMILES string of the molecule is CCCC(C)(N)C(=O)Nc1cc(C2CCCCCC2)[nH]n1. The fourth-order valence-electron chi connectivity index (χ4n) is 3.09. The number of aromatic amines is 1. The molecule has 5 heteroatoms. The van der Waals surface area contributed by atoms with Gasteiger partial charge in [-0.15, -0.1) is 0 Å². The van der Waals surface area contributed by atoms with Gasteiger partial charge in [-0.25, -0.2) is 0 Å². The van der Waals surface area contributed by atoms with Crippen LogP contribution in [0.2, 0.25) is 0 Å². The summed E-state index contributed by atoms with van der Waals surface area (Å²) in [6, 6.07) is 1.97. The topological polar surface area (TPSA) is 83.8 Å². The van der Waals surface area contributed by atoms with E-state index in [-0.39, 0.29) is 5.91 Å². The molecule has 1 amide bonds. The van der Waals surface area contributed by atoms with Crippen LogP contribution in [0, 0.1) is 0 Å². The number of carbonyl (C=O) groups excluding carboxylic acids is 1.